The monoisotopic (exact) mass is 557 g/mol. The Hall–Kier alpha value is -1.39. The van der Waals surface area contributed by atoms with Crippen molar-refractivity contribution in [3.05, 3.63) is 45.9 Å². The molecule has 1 aromatic carbocycles. The van der Waals surface area contributed by atoms with Gasteiger partial charge in [-0.3, -0.25) is 9.89 Å². The molecule has 172 valence electrons. The number of guanidine groups is 1. The van der Waals surface area contributed by atoms with Gasteiger partial charge >= 0.3 is 0 Å². The number of thiazole rings is 1. The summed E-state index contributed by atoms with van der Waals surface area (Å²) in [6, 6.07) is 8.41. The Morgan fingerprint density at radius 3 is 2.58 bits per heavy atom. The van der Waals surface area contributed by atoms with Gasteiger partial charge in [-0.15, -0.1) is 35.3 Å². The Bertz CT molecular complexity index is 788. The summed E-state index contributed by atoms with van der Waals surface area (Å²) in [7, 11) is 1.71. The Morgan fingerprint density at radius 2 is 1.97 bits per heavy atom. The molecule has 0 amide bonds. The molecule has 8 heteroatoms. The minimum atomic E-state index is 0. The van der Waals surface area contributed by atoms with Crippen LogP contribution in [-0.2, 0) is 13.0 Å². The Balaban J connectivity index is 0.00000341. The summed E-state index contributed by atoms with van der Waals surface area (Å²) in [5.41, 5.74) is 2.51. The summed E-state index contributed by atoms with van der Waals surface area (Å²) >= 11 is 1.71. The second kappa shape index (κ2) is 13.9. The highest BCUT2D eigenvalue weighted by Crippen LogP contribution is 2.20. The van der Waals surface area contributed by atoms with Crippen LogP contribution in [0.25, 0.3) is 0 Å². The summed E-state index contributed by atoms with van der Waals surface area (Å²) in [4.78, 5) is 11.9. The van der Waals surface area contributed by atoms with Crippen molar-refractivity contribution in [2.24, 2.45) is 10.9 Å². The number of ether oxygens (including phenoxy) is 1. The Kier molecular flexibility index (Phi) is 11.6. The number of piperidine rings is 1. The molecule has 0 saturated carbocycles. The maximum absolute atomic E-state index is 5.25. The van der Waals surface area contributed by atoms with Gasteiger partial charge in [0, 0.05) is 38.0 Å². The first kappa shape index (κ1) is 25.9. The molecule has 2 heterocycles. The van der Waals surface area contributed by atoms with E-state index in [-0.39, 0.29) is 24.0 Å². The third-order valence-electron chi connectivity index (χ3n) is 5.46. The van der Waals surface area contributed by atoms with E-state index in [0.717, 1.165) is 68.1 Å². The lowest BCUT2D eigenvalue weighted by molar-refractivity contribution is 0.180. The lowest BCUT2D eigenvalue weighted by atomic mass is 9.96. The molecule has 1 aliphatic heterocycles. The molecule has 2 N–H and O–H groups in total. The van der Waals surface area contributed by atoms with Crippen molar-refractivity contribution >= 4 is 41.3 Å². The fourth-order valence-corrected chi connectivity index (χ4v) is 4.36. The summed E-state index contributed by atoms with van der Waals surface area (Å²) in [5.74, 6) is 2.50. The molecule has 2 aromatic rings. The van der Waals surface area contributed by atoms with Gasteiger partial charge in [0.25, 0.3) is 0 Å². The van der Waals surface area contributed by atoms with Crippen molar-refractivity contribution in [2.45, 2.75) is 39.7 Å². The first-order valence-electron chi connectivity index (χ1n) is 10.9. The molecule has 0 atom stereocenters. The number of rotatable bonds is 9. The van der Waals surface area contributed by atoms with Crippen molar-refractivity contribution in [1.29, 1.82) is 0 Å². The van der Waals surface area contributed by atoms with Crippen LogP contribution in [0.5, 0.6) is 5.75 Å². The smallest absolute Gasteiger partial charge is 0.191 e. The summed E-state index contributed by atoms with van der Waals surface area (Å²) < 4.78 is 5.25. The maximum Gasteiger partial charge on any atom is 0.191 e. The number of hydrogen-bond donors (Lipinski definition) is 2. The van der Waals surface area contributed by atoms with E-state index in [1.807, 2.05) is 12.1 Å². The van der Waals surface area contributed by atoms with Crippen LogP contribution < -0.4 is 15.4 Å². The molecule has 0 bridgehead atoms. The number of hydrogen-bond acceptors (Lipinski definition) is 5. The highest BCUT2D eigenvalue weighted by molar-refractivity contribution is 14.0. The zero-order chi connectivity index (χ0) is 21.2. The summed E-state index contributed by atoms with van der Waals surface area (Å²) in [6.45, 7) is 10.1. The highest BCUT2D eigenvalue weighted by atomic mass is 127. The number of nitrogens with one attached hydrogen (secondary N) is 2. The minimum Gasteiger partial charge on any atom is -0.497 e. The SMILES string of the molecule is CCNC(=NCC1CCN(Cc2ccc(OC)cc2)CC1)NCCc1csc(C)n1.I. The molecule has 1 fully saturated rings. The number of aryl methyl sites for hydroxylation is 1. The van der Waals surface area contributed by atoms with Crippen LogP contribution in [0, 0.1) is 12.8 Å². The average Bonchev–Trinajstić information content (AvgIpc) is 3.18. The highest BCUT2D eigenvalue weighted by Gasteiger charge is 2.19. The van der Waals surface area contributed by atoms with Gasteiger partial charge in [-0.2, -0.15) is 0 Å². The Labute approximate surface area is 207 Å². The van der Waals surface area contributed by atoms with Crippen LogP contribution in [0.3, 0.4) is 0 Å². The van der Waals surface area contributed by atoms with Crippen molar-refractivity contribution in [3.8, 4) is 5.75 Å². The number of aromatic nitrogens is 1. The molecule has 3 rings (SSSR count). The second-order valence-corrected chi connectivity index (χ2v) is 8.88. The van der Waals surface area contributed by atoms with E-state index in [4.69, 9.17) is 9.73 Å². The van der Waals surface area contributed by atoms with Gasteiger partial charge in [0.15, 0.2) is 5.96 Å². The zero-order valence-electron chi connectivity index (χ0n) is 18.9. The molecule has 6 nitrogen and oxygen atoms in total. The van der Waals surface area contributed by atoms with Gasteiger partial charge in [0.05, 0.1) is 17.8 Å². The van der Waals surface area contributed by atoms with Crippen LogP contribution in [0.1, 0.15) is 36.0 Å². The topological polar surface area (TPSA) is 61.8 Å². The standard InChI is InChI=1S/C23H35N5OS.HI/c1-4-24-23(25-12-9-21-17-30-18(2)27-21)26-15-19-10-13-28(14-11-19)16-20-5-7-22(29-3)8-6-20;/h5-8,17,19H,4,9-16H2,1-3H3,(H2,24,25,26);1H. The van der Waals surface area contributed by atoms with Crippen LogP contribution >= 0.6 is 35.3 Å². The molecule has 31 heavy (non-hydrogen) atoms. The zero-order valence-corrected chi connectivity index (χ0v) is 22.0. The van der Waals surface area contributed by atoms with Crippen molar-refractivity contribution in [3.63, 3.8) is 0 Å². The van der Waals surface area contributed by atoms with Gasteiger partial charge in [0.2, 0.25) is 0 Å². The fourth-order valence-electron chi connectivity index (χ4n) is 3.71. The van der Waals surface area contributed by atoms with Gasteiger partial charge < -0.3 is 15.4 Å². The predicted molar refractivity (Wildman–Crippen MR) is 141 cm³/mol. The predicted octanol–water partition coefficient (Wildman–Crippen LogP) is 4.09. The van der Waals surface area contributed by atoms with Crippen molar-refractivity contribution in [1.82, 2.24) is 20.5 Å². The number of aliphatic imine (C=N–C) groups is 1. The van der Waals surface area contributed by atoms with E-state index in [9.17, 15) is 0 Å². The van der Waals surface area contributed by atoms with Crippen molar-refractivity contribution in [2.75, 3.05) is 39.8 Å². The molecular formula is C23H36IN5OS. The van der Waals surface area contributed by atoms with E-state index >= 15 is 0 Å². The van der Waals surface area contributed by atoms with Gasteiger partial charge in [-0.25, -0.2) is 4.98 Å². The molecule has 1 aliphatic rings. The van der Waals surface area contributed by atoms with E-state index in [1.54, 1.807) is 18.4 Å². The van der Waals surface area contributed by atoms with Gasteiger partial charge in [-0.05, 0) is 63.4 Å². The van der Waals surface area contributed by atoms with E-state index < -0.39 is 0 Å². The van der Waals surface area contributed by atoms with E-state index in [1.165, 1.54) is 18.4 Å². The minimum absolute atomic E-state index is 0. The fraction of sp³-hybridized carbons (Fsp3) is 0.565. The van der Waals surface area contributed by atoms with Gasteiger partial charge in [-0.1, -0.05) is 12.1 Å². The van der Waals surface area contributed by atoms with E-state index in [2.05, 4.69) is 51.9 Å². The van der Waals surface area contributed by atoms with E-state index in [0.29, 0.717) is 5.92 Å². The third-order valence-corrected chi connectivity index (χ3v) is 6.29. The Morgan fingerprint density at radius 1 is 1.23 bits per heavy atom. The van der Waals surface area contributed by atoms with Gasteiger partial charge in [0.1, 0.15) is 5.75 Å². The number of likely N-dealkylation sites (tertiary alicyclic amines) is 1. The third kappa shape index (κ3) is 8.94. The van der Waals surface area contributed by atoms with Crippen LogP contribution in [-0.4, -0.2) is 55.7 Å². The van der Waals surface area contributed by atoms with Crippen LogP contribution in [0.2, 0.25) is 0 Å². The molecule has 1 aromatic heterocycles. The molecule has 0 spiro atoms. The second-order valence-electron chi connectivity index (χ2n) is 7.82. The van der Waals surface area contributed by atoms with Crippen LogP contribution in [0.15, 0.2) is 34.6 Å². The van der Waals surface area contributed by atoms with Crippen molar-refractivity contribution < 1.29 is 4.74 Å². The lowest BCUT2D eigenvalue weighted by Gasteiger charge is -2.31. The normalized spacial score (nSPS) is 15.4. The average molecular weight is 558 g/mol. The quantitative estimate of drug-likeness (QED) is 0.277. The number of benzene rings is 1. The first-order chi connectivity index (χ1) is 14.7. The first-order valence-corrected chi connectivity index (χ1v) is 11.8. The number of methoxy groups -OCH3 is 1. The molecule has 0 aliphatic carbocycles. The molecule has 1 saturated heterocycles. The molecular weight excluding hydrogens is 521 g/mol. The maximum atomic E-state index is 5.25. The number of halogens is 1. The van der Waals surface area contributed by atoms with Crippen LogP contribution in [0.4, 0.5) is 0 Å². The largest absolute Gasteiger partial charge is 0.497 e. The summed E-state index contributed by atoms with van der Waals surface area (Å²) in [6.07, 6.45) is 3.34. The lowest BCUT2D eigenvalue weighted by Crippen LogP contribution is -2.39. The molecule has 0 radical (unpaired) electrons. The summed E-state index contributed by atoms with van der Waals surface area (Å²) in [5, 5.41) is 10.1. The molecule has 0 unspecified atom stereocenters. The number of nitrogens with zero attached hydrogens (tertiary/aromatic N) is 3.